The number of nitrogens with zero attached hydrogens (tertiary/aromatic N) is 1. The number of aromatic amines is 1. The molecular weight excluding hydrogens is 240 g/mol. The Bertz CT molecular complexity index is 371. The summed E-state index contributed by atoms with van der Waals surface area (Å²) in [7, 11) is 0. The minimum absolute atomic E-state index is 0. The van der Waals surface area contributed by atoms with Crippen molar-refractivity contribution in [2.24, 2.45) is 5.73 Å². The minimum Gasteiger partial charge on any atom is -0.349 e. The second-order valence-corrected chi connectivity index (χ2v) is 4.49. The SMILES string of the molecule is Cc1[nH]ncc1C(=O)NC1CCC(N)CC1.Cl. The van der Waals surface area contributed by atoms with Gasteiger partial charge in [0.15, 0.2) is 0 Å². The second kappa shape index (κ2) is 6.02. The highest BCUT2D eigenvalue weighted by Crippen LogP contribution is 2.17. The van der Waals surface area contributed by atoms with E-state index in [1.807, 2.05) is 6.92 Å². The van der Waals surface area contributed by atoms with E-state index in [1.54, 1.807) is 6.20 Å². The van der Waals surface area contributed by atoms with Gasteiger partial charge in [0.2, 0.25) is 0 Å². The molecular formula is C11H19ClN4O. The van der Waals surface area contributed by atoms with Crippen molar-refractivity contribution in [3.8, 4) is 0 Å². The van der Waals surface area contributed by atoms with E-state index in [9.17, 15) is 4.79 Å². The molecule has 2 rings (SSSR count). The molecule has 17 heavy (non-hydrogen) atoms. The summed E-state index contributed by atoms with van der Waals surface area (Å²) in [6.07, 6.45) is 5.51. The van der Waals surface area contributed by atoms with Gasteiger partial charge in [0.25, 0.3) is 5.91 Å². The maximum Gasteiger partial charge on any atom is 0.254 e. The lowest BCUT2D eigenvalue weighted by molar-refractivity contribution is 0.0925. The zero-order valence-electron chi connectivity index (χ0n) is 9.90. The molecule has 0 spiro atoms. The van der Waals surface area contributed by atoms with Crippen molar-refractivity contribution in [1.82, 2.24) is 15.5 Å². The fraction of sp³-hybridized carbons (Fsp3) is 0.636. The third-order valence-corrected chi connectivity index (χ3v) is 3.18. The van der Waals surface area contributed by atoms with Gasteiger partial charge in [-0.2, -0.15) is 5.10 Å². The molecule has 1 amide bonds. The van der Waals surface area contributed by atoms with E-state index in [0.717, 1.165) is 31.4 Å². The maximum absolute atomic E-state index is 11.9. The number of aryl methyl sites for hydroxylation is 1. The lowest BCUT2D eigenvalue weighted by Crippen LogP contribution is -2.40. The van der Waals surface area contributed by atoms with Crippen molar-refractivity contribution < 1.29 is 4.79 Å². The van der Waals surface area contributed by atoms with Crippen LogP contribution in [0.3, 0.4) is 0 Å². The fourth-order valence-corrected chi connectivity index (χ4v) is 2.11. The largest absolute Gasteiger partial charge is 0.349 e. The third kappa shape index (κ3) is 3.44. The third-order valence-electron chi connectivity index (χ3n) is 3.18. The van der Waals surface area contributed by atoms with Gasteiger partial charge in [0.05, 0.1) is 11.8 Å². The smallest absolute Gasteiger partial charge is 0.254 e. The number of carbonyl (C=O) groups excluding carboxylic acids is 1. The van der Waals surface area contributed by atoms with Crippen molar-refractivity contribution in [1.29, 1.82) is 0 Å². The highest BCUT2D eigenvalue weighted by atomic mass is 35.5. The normalized spacial score (nSPS) is 23.9. The minimum atomic E-state index is -0.0354. The van der Waals surface area contributed by atoms with Crippen molar-refractivity contribution >= 4 is 18.3 Å². The predicted molar refractivity (Wildman–Crippen MR) is 68.3 cm³/mol. The van der Waals surface area contributed by atoms with Gasteiger partial charge in [-0.3, -0.25) is 9.89 Å². The van der Waals surface area contributed by atoms with Crippen LogP contribution in [0.5, 0.6) is 0 Å². The van der Waals surface area contributed by atoms with E-state index in [-0.39, 0.29) is 24.4 Å². The summed E-state index contributed by atoms with van der Waals surface area (Å²) < 4.78 is 0. The van der Waals surface area contributed by atoms with E-state index in [1.165, 1.54) is 0 Å². The molecule has 0 aromatic carbocycles. The van der Waals surface area contributed by atoms with Crippen LogP contribution in [0.2, 0.25) is 0 Å². The van der Waals surface area contributed by atoms with Crippen LogP contribution in [0.4, 0.5) is 0 Å². The molecule has 1 aromatic heterocycles. The molecule has 0 aliphatic heterocycles. The van der Waals surface area contributed by atoms with Gasteiger partial charge in [-0.05, 0) is 32.6 Å². The highest BCUT2D eigenvalue weighted by Gasteiger charge is 2.21. The average molecular weight is 259 g/mol. The van der Waals surface area contributed by atoms with Crippen LogP contribution in [0, 0.1) is 6.92 Å². The summed E-state index contributed by atoms with van der Waals surface area (Å²) in [5, 5.41) is 9.63. The molecule has 0 radical (unpaired) electrons. The number of rotatable bonds is 2. The summed E-state index contributed by atoms with van der Waals surface area (Å²) in [5.74, 6) is -0.0354. The van der Waals surface area contributed by atoms with E-state index in [4.69, 9.17) is 5.73 Å². The molecule has 0 unspecified atom stereocenters. The van der Waals surface area contributed by atoms with Gasteiger partial charge < -0.3 is 11.1 Å². The first-order chi connectivity index (χ1) is 7.66. The topological polar surface area (TPSA) is 83.8 Å². The number of halogens is 1. The molecule has 0 atom stereocenters. The quantitative estimate of drug-likeness (QED) is 0.744. The average Bonchev–Trinajstić information content (AvgIpc) is 2.68. The van der Waals surface area contributed by atoms with E-state index in [2.05, 4.69) is 15.5 Å². The molecule has 4 N–H and O–H groups in total. The van der Waals surface area contributed by atoms with E-state index < -0.39 is 0 Å². The van der Waals surface area contributed by atoms with Crippen LogP contribution in [0.15, 0.2) is 6.20 Å². The van der Waals surface area contributed by atoms with Gasteiger partial charge in [-0.25, -0.2) is 0 Å². The van der Waals surface area contributed by atoms with Gasteiger partial charge in [-0.15, -0.1) is 12.4 Å². The monoisotopic (exact) mass is 258 g/mol. The zero-order valence-corrected chi connectivity index (χ0v) is 10.7. The van der Waals surface area contributed by atoms with Crippen LogP contribution >= 0.6 is 12.4 Å². The molecule has 0 saturated heterocycles. The molecule has 5 nitrogen and oxygen atoms in total. The van der Waals surface area contributed by atoms with Gasteiger partial charge in [-0.1, -0.05) is 0 Å². The van der Waals surface area contributed by atoms with Gasteiger partial charge in [0.1, 0.15) is 0 Å². The zero-order chi connectivity index (χ0) is 11.5. The second-order valence-electron chi connectivity index (χ2n) is 4.49. The molecule has 96 valence electrons. The number of carbonyl (C=O) groups is 1. The van der Waals surface area contributed by atoms with Crippen molar-refractivity contribution in [2.45, 2.75) is 44.7 Å². The Morgan fingerprint density at radius 3 is 2.65 bits per heavy atom. The van der Waals surface area contributed by atoms with Crippen LogP contribution in [0.25, 0.3) is 0 Å². The van der Waals surface area contributed by atoms with Crippen molar-refractivity contribution in [3.63, 3.8) is 0 Å². The highest BCUT2D eigenvalue weighted by molar-refractivity contribution is 5.95. The Labute approximate surface area is 107 Å². The first kappa shape index (κ1) is 14.0. The fourth-order valence-electron chi connectivity index (χ4n) is 2.11. The molecule has 1 aromatic rings. The Morgan fingerprint density at radius 2 is 2.12 bits per heavy atom. The molecule has 1 aliphatic rings. The summed E-state index contributed by atoms with van der Waals surface area (Å²) >= 11 is 0. The van der Waals surface area contributed by atoms with Crippen LogP contribution in [0.1, 0.15) is 41.7 Å². The number of aromatic nitrogens is 2. The first-order valence-corrected chi connectivity index (χ1v) is 5.73. The lowest BCUT2D eigenvalue weighted by atomic mass is 9.91. The maximum atomic E-state index is 11.9. The molecule has 1 saturated carbocycles. The summed E-state index contributed by atoms with van der Waals surface area (Å²) in [6.45, 7) is 1.85. The first-order valence-electron chi connectivity index (χ1n) is 5.73. The Hall–Kier alpha value is -1.07. The predicted octanol–water partition coefficient (Wildman–Crippen LogP) is 1.14. The van der Waals surface area contributed by atoms with E-state index in [0.29, 0.717) is 11.6 Å². The number of amides is 1. The number of hydrogen-bond donors (Lipinski definition) is 3. The van der Waals surface area contributed by atoms with Crippen molar-refractivity contribution in [2.75, 3.05) is 0 Å². The molecule has 1 aliphatic carbocycles. The van der Waals surface area contributed by atoms with E-state index >= 15 is 0 Å². The number of nitrogens with one attached hydrogen (secondary N) is 2. The lowest BCUT2D eigenvalue weighted by Gasteiger charge is -2.26. The van der Waals surface area contributed by atoms with Crippen LogP contribution in [-0.4, -0.2) is 28.2 Å². The molecule has 1 fully saturated rings. The van der Waals surface area contributed by atoms with Gasteiger partial charge >= 0.3 is 0 Å². The van der Waals surface area contributed by atoms with Crippen LogP contribution < -0.4 is 11.1 Å². The number of H-pyrrole nitrogens is 1. The summed E-state index contributed by atoms with van der Waals surface area (Å²) in [4.78, 5) is 11.9. The molecule has 1 heterocycles. The van der Waals surface area contributed by atoms with Crippen molar-refractivity contribution in [3.05, 3.63) is 17.5 Å². The summed E-state index contributed by atoms with van der Waals surface area (Å²) in [6, 6.07) is 0.574. The molecule has 6 heteroatoms. The molecule has 0 bridgehead atoms. The number of nitrogens with two attached hydrogens (primary N) is 1. The Balaban J connectivity index is 0.00000144. The standard InChI is InChI=1S/C11H18N4O.ClH/c1-7-10(6-13-15-7)11(16)14-9-4-2-8(12)3-5-9;/h6,8-9H,2-5,12H2,1H3,(H,13,15)(H,14,16);1H. The van der Waals surface area contributed by atoms with Crippen LogP contribution in [-0.2, 0) is 0 Å². The number of hydrogen-bond acceptors (Lipinski definition) is 3. The summed E-state index contributed by atoms with van der Waals surface area (Å²) in [5.41, 5.74) is 7.26. The van der Waals surface area contributed by atoms with Gasteiger partial charge in [0, 0.05) is 17.8 Å². The Morgan fingerprint density at radius 1 is 1.47 bits per heavy atom. The Kier molecular flexibility index (Phi) is 4.96.